The van der Waals surface area contributed by atoms with Crippen molar-refractivity contribution in [2.24, 2.45) is 5.10 Å². The van der Waals surface area contributed by atoms with Crippen LogP contribution < -0.4 is 15.5 Å². The first-order valence-corrected chi connectivity index (χ1v) is 9.57. The Morgan fingerprint density at radius 2 is 1.67 bits per heavy atom. The van der Waals surface area contributed by atoms with E-state index in [9.17, 15) is 9.59 Å². The number of nitrogens with zero attached hydrogens (tertiary/aromatic N) is 1. The minimum Gasteiger partial charge on any atom is -0.484 e. The fourth-order valence-corrected chi connectivity index (χ4v) is 2.77. The van der Waals surface area contributed by atoms with Crippen LogP contribution in [0.2, 0.25) is 5.02 Å². The van der Waals surface area contributed by atoms with E-state index in [1.165, 1.54) is 0 Å². The zero-order valence-electron chi connectivity index (χ0n) is 16.3. The first-order chi connectivity index (χ1) is 14.5. The number of anilines is 1. The van der Waals surface area contributed by atoms with E-state index in [-0.39, 0.29) is 18.4 Å². The molecular weight excluding hydrogens is 402 g/mol. The lowest BCUT2D eigenvalue weighted by molar-refractivity contribution is -0.118. The summed E-state index contributed by atoms with van der Waals surface area (Å²) in [6, 6.07) is 22.9. The third-order valence-corrected chi connectivity index (χ3v) is 4.32. The van der Waals surface area contributed by atoms with Crippen molar-refractivity contribution >= 4 is 34.8 Å². The van der Waals surface area contributed by atoms with Gasteiger partial charge in [0.1, 0.15) is 5.75 Å². The maximum Gasteiger partial charge on any atom is 0.271 e. The topological polar surface area (TPSA) is 79.8 Å². The van der Waals surface area contributed by atoms with Crippen molar-refractivity contribution in [2.45, 2.75) is 6.92 Å². The van der Waals surface area contributed by atoms with Gasteiger partial charge in [0.05, 0.1) is 5.71 Å². The average Bonchev–Trinajstić information content (AvgIpc) is 2.76. The van der Waals surface area contributed by atoms with Crippen molar-refractivity contribution in [3.05, 3.63) is 95.0 Å². The number of carbonyl (C=O) groups excluding carboxylic acids is 2. The number of rotatable bonds is 7. The van der Waals surface area contributed by atoms with Crippen LogP contribution in [0.4, 0.5) is 5.69 Å². The van der Waals surface area contributed by atoms with E-state index in [2.05, 4.69) is 15.8 Å². The lowest BCUT2D eigenvalue weighted by Gasteiger charge is -2.09. The first kappa shape index (κ1) is 21.1. The van der Waals surface area contributed by atoms with Gasteiger partial charge in [-0.15, -0.1) is 0 Å². The fourth-order valence-electron chi connectivity index (χ4n) is 2.58. The van der Waals surface area contributed by atoms with Gasteiger partial charge in [0.25, 0.3) is 11.8 Å². The highest BCUT2D eigenvalue weighted by molar-refractivity contribution is 6.31. The Kier molecular flexibility index (Phi) is 7.19. The molecule has 0 radical (unpaired) electrons. The smallest absolute Gasteiger partial charge is 0.271 e. The molecule has 0 bridgehead atoms. The number of halogens is 1. The molecule has 30 heavy (non-hydrogen) atoms. The molecule has 0 aliphatic heterocycles. The molecule has 152 valence electrons. The molecule has 0 aliphatic rings. The van der Waals surface area contributed by atoms with Gasteiger partial charge in [0, 0.05) is 16.3 Å². The van der Waals surface area contributed by atoms with Crippen LogP contribution in [0, 0.1) is 0 Å². The first-order valence-electron chi connectivity index (χ1n) is 9.19. The highest BCUT2D eigenvalue weighted by Gasteiger charge is 2.07. The molecule has 0 aliphatic carbocycles. The summed E-state index contributed by atoms with van der Waals surface area (Å²) in [5, 5.41) is 7.39. The molecule has 3 aromatic rings. The Morgan fingerprint density at radius 3 is 2.43 bits per heavy atom. The Labute approximate surface area is 179 Å². The summed E-state index contributed by atoms with van der Waals surface area (Å²) >= 11 is 5.90. The maximum atomic E-state index is 12.2. The Morgan fingerprint density at radius 1 is 0.933 bits per heavy atom. The van der Waals surface area contributed by atoms with Crippen molar-refractivity contribution in [1.82, 2.24) is 5.43 Å². The summed E-state index contributed by atoms with van der Waals surface area (Å²) in [7, 11) is 0. The van der Waals surface area contributed by atoms with Crippen molar-refractivity contribution in [1.29, 1.82) is 0 Å². The molecule has 3 aromatic carbocycles. The minimum absolute atomic E-state index is 0.100. The zero-order valence-corrected chi connectivity index (χ0v) is 17.0. The molecule has 0 atom stereocenters. The highest BCUT2D eigenvalue weighted by Crippen LogP contribution is 2.13. The van der Waals surface area contributed by atoms with E-state index in [0.29, 0.717) is 27.7 Å². The zero-order chi connectivity index (χ0) is 21.3. The quantitative estimate of drug-likeness (QED) is 0.435. The molecule has 3 rings (SSSR count). The third kappa shape index (κ3) is 6.18. The molecule has 0 unspecified atom stereocenters. The monoisotopic (exact) mass is 421 g/mol. The van der Waals surface area contributed by atoms with E-state index < -0.39 is 0 Å². The van der Waals surface area contributed by atoms with Gasteiger partial charge >= 0.3 is 0 Å². The predicted octanol–water partition coefficient (Wildman–Crippen LogP) is 4.51. The molecule has 6 nitrogen and oxygen atoms in total. The normalized spacial score (nSPS) is 10.9. The highest BCUT2D eigenvalue weighted by atomic mass is 35.5. The molecule has 2 N–H and O–H groups in total. The molecular formula is C23H20ClN3O3. The predicted molar refractivity (Wildman–Crippen MR) is 118 cm³/mol. The molecule has 0 spiro atoms. The van der Waals surface area contributed by atoms with Gasteiger partial charge in [0.2, 0.25) is 0 Å². The molecule has 0 saturated heterocycles. The van der Waals surface area contributed by atoms with Crippen LogP contribution in [0.3, 0.4) is 0 Å². The summed E-state index contributed by atoms with van der Waals surface area (Å²) in [5.41, 5.74) is 4.86. The molecule has 0 aromatic heterocycles. The SMILES string of the molecule is CC(=NNC(=O)c1cccc(Cl)c1)c1cccc(NC(=O)COc2ccccc2)c1. The van der Waals surface area contributed by atoms with Crippen LogP contribution >= 0.6 is 11.6 Å². The minimum atomic E-state index is -0.362. The fraction of sp³-hybridized carbons (Fsp3) is 0.0870. The van der Waals surface area contributed by atoms with Gasteiger partial charge in [-0.1, -0.05) is 48.0 Å². The third-order valence-electron chi connectivity index (χ3n) is 4.09. The summed E-state index contributed by atoms with van der Waals surface area (Å²) in [4.78, 5) is 24.3. The molecule has 0 saturated carbocycles. The molecule has 0 heterocycles. The second-order valence-electron chi connectivity index (χ2n) is 6.38. The van der Waals surface area contributed by atoms with Crippen LogP contribution in [0.15, 0.2) is 84.0 Å². The molecule has 2 amide bonds. The van der Waals surface area contributed by atoms with Crippen molar-refractivity contribution < 1.29 is 14.3 Å². The lowest BCUT2D eigenvalue weighted by atomic mass is 10.1. The standard InChI is InChI=1S/C23H20ClN3O3/c1-16(26-27-23(29)18-8-5-9-19(24)13-18)17-7-6-10-20(14-17)25-22(28)15-30-21-11-3-2-4-12-21/h2-14H,15H2,1H3,(H,25,28)(H,27,29). The van der Waals surface area contributed by atoms with Gasteiger partial charge < -0.3 is 10.1 Å². The summed E-state index contributed by atoms with van der Waals surface area (Å²) < 4.78 is 5.44. The van der Waals surface area contributed by atoms with Crippen molar-refractivity contribution in [3.8, 4) is 5.75 Å². The molecule has 7 heteroatoms. The number of nitrogens with one attached hydrogen (secondary N) is 2. The van der Waals surface area contributed by atoms with Crippen LogP contribution in [0.1, 0.15) is 22.8 Å². The number of carbonyl (C=O) groups is 2. The Balaban J connectivity index is 1.59. The second kappa shape index (κ2) is 10.2. The van der Waals surface area contributed by atoms with E-state index in [0.717, 1.165) is 5.56 Å². The largest absolute Gasteiger partial charge is 0.484 e. The van der Waals surface area contributed by atoms with E-state index in [4.69, 9.17) is 16.3 Å². The van der Waals surface area contributed by atoms with Gasteiger partial charge in [-0.25, -0.2) is 5.43 Å². The van der Waals surface area contributed by atoms with Crippen molar-refractivity contribution in [2.75, 3.05) is 11.9 Å². The Bertz CT molecular complexity index is 1070. The molecule has 0 fully saturated rings. The number of benzene rings is 3. The summed E-state index contributed by atoms with van der Waals surface area (Å²) in [6.07, 6.45) is 0. The number of hydrogen-bond donors (Lipinski definition) is 2. The number of hydrazone groups is 1. The van der Waals surface area contributed by atoms with E-state index in [1.54, 1.807) is 61.5 Å². The summed E-state index contributed by atoms with van der Waals surface area (Å²) in [5.74, 6) is -0.0148. The van der Waals surface area contributed by atoms with E-state index in [1.807, 2.05) is 24.3 Å². The van der Waals surface area contributed by atoms with Crippen LogP contribution in [-0.2, 0) is 4.79 Å². The van der Waals surface area contributed by atoms with Crippen LogP contribution in [0.25, 0.3) is 0 Å². The second-order valence-corrected chi connectivity index (χ2v) is 6.82. The maximum absolute atomic E-state index is 12.2. The van der Waals surface area contributed by atoms with Crippen molar-refractivity contribution in [3.63, 3.8) is 0 Å². The van der Waals surface area contributed by atoms with Gasteiger partial charge in [-0.2, -0.15) is 5.10 Å². The summed E-state index contributed by atoms with van der Waals surface area (Å²) in [6.45, 7) is 1.66. The number of para-hydroxylation sites is 1. The van der Waals surface area contributed by atoms with Crippen LogP contribution in [-0.4, -0.2) is 24.1 Å². The number of amides is 2. The Hall–Kier alpha value is -3.64. The van der Waals surface area contributed by atoms with Gasteiger partial charge in [-0.05, 0) is 55.0 Å². The van der Waals surface area contributed by atoms with E-state index >= 15 is 0 Å². The van der Waals surface area contributed by atoms with Crippen LogP contribution in [0.5, 0.6) is 5.75 Å². The lowest BCUT2D eigenvalue weighted by Crippen LogP contribution is -2.20. The average molecular weight is 422 g/mol. The van der Waals surface area contributed by atoms with Gasteiger partial charge in [-0.3, -0.25) is 9.59 Å². The van der Waals surface area contributed by atoms with Gasteiger partial charge in [0.15, 0.2) is 6.61 Å². The number of hydrogen-bond acceptors (Lipinski definition) is 4. The number of ether oxygens (including phenoxy) is 1.